The normalized spacial score (nSPS) is 17.2. The number of para-hydroxylation sites is 2. The van der Waals surface area contributed by atoms with Gasteiger partial charge in [-0.25, -0.2) is 0 Å². The van der Waals surface area contributed by atoms with Crippen LogP contribution in [0.1, 0.15) is 52.9 Å². The summed E-state index contributed by atoms with van der Waals surface area (Å²) in [7, 11) is 0. The van der Waals surface area contributed by atoms with Gasteiger partial charge in [-0.1, -0.05) is 38.8 Å². The Morgan fingerprint density at radius 1 is 1.20 bits per heavy atom. The number of rotatable bonds is 8. The van der Waals surface area contributed by atoms with Crippen LogP contribution in [0.15, 0.2) is 24.3 Å². The standard InChI is InChI=1S/C20H31N3O2/c1-4-6-12-22(13-7-5-2)15-20(25)23-16(3)14-19(24)21-17-10-8-9-11-18(17)23/h8-11,16H,4-7,12-15H2,1-3H3,(H,21,24)/t16-/m0/s1. The average Bonchev–Trinajstić information content (AvgIpc) is 2.71. The lowest BCUT2D eigenvalue weighted by atomic mass is 10.1. The number of hydrogen-bond acceptors (Lipinski definition) is 3. The van der Waals surface area contributed by atoms with Gasteiger partial charge in [0.15, 0.2) is 0 Å². The summed E-state index contributed by atoms with van der Waals surface area (Å²) in [6, 6.07) is 7.42. The largest absolute Gasteiger partial charge is 0.324 e. The quantitative estimate of drug-likeness (QED) is 0.782. The zero-order valence-corrected chi connectivity index (χ0v) is 15.8. The molecule has 1 aromatic carbocycles. The van der Waals surface area contributed by atoms with E-state index in [0.29, 0.717) is 13.0 Å². The van der Waals surface area contributed by atoms with E-state index in [1.54, 1.807) is 4.90 Å². The summed E-state index contributed by atoms with van der Waals surface area (Å²) < 4.78 is 0. The van der Waals surface area contributed by atoms with Crippen molar-refractivity contribution in [2.24, 2.45) is 0 Å². The molecule has 2 amide bonds. The summed E-state index contributed by atoms with van der Waals surface area (Å²) in [5, 5.41) is 2.91. The second-order valence-corrected chi connectivity index (χ2v) is 6.87. The molecule has 1 aliphatic heterocycles. The van der Waals surface area contributed by atoms with Gasteiger partial charge in [0.2, 0.25) is 11.8 Å². The lowest BCUT2D eigenvalue weighted by Gasteiger charge is -2.31. The number of unbranched alkanes of at least 4 members (excludes halogenated alkanes) is 2. The van der Waals surface area contributed by atoms with E-state index in [2.05, 4.69) is 24.1 Å². The Kier molecular flexibility index (Phi) is 7.44. The molecule has 1 aliphatic rings. The minimum atomic E-state index is -0.143. The fourth-order valence-electron chi connectivity index (χ4n) is 3.27. The van der Waals surface area contributed by atoms with Gasteiger partial charge in [0, 0.05) is 12.5 Å². The molecule has 5 heteroatoms. The predicted molar refractivity (Wildman–Crippen MR) is 103 cm³/mol. The van der Waals surface area contributed by atoms with Crippen molar-refractivity contribution >= 4 is 23.2 Å². The van der Waals surface area contributed by atoms with Gasteiger partial charge in [-0.05, 0) is 45.0 Å². The second kappa shape index (κ2) is 9.56. The Labute approximate surface area is 151 Å². The van der Waals surface area contributed by atoms with Crippen LogP contribution in [0.25, 0.3) is 0 Å². The molecule has 0 radical (unpaired) electrons. The molecule has 0 spiro atoms. The molecular formula is C20H31N3O2. The number of benzene rings is 1. The van der Waals surface area contributed by atoms with Crippen molar-refractivity contribution in [1.82, 2.24) is 4.90 Å². The topological polar surface area (TPSA) is 52.7 Å². The van der Waals surface area contributed by atoms with Crippen LogP contribution < -0.4 is 10.2 Å². The van der Waals surface area contributed by atoms with Crippen molar-refractivity contribution in [1.29, 1.82) is 0 Å². The Balaban J connectivity index is 2.18. The molecule has 25 heavy (non-hydrogen) atoms. The Bertz CT molecular complexity index is 580. The van der Waals surface area contributed by atoms with Crippen molar-refractivity contribution in [2.75, 3.05) is 29.9 Å². The molecule has 138 valence electrons. The molecule has 0 aromatic heterocycles. The summed E-state index contributed by atoms with van der Waals surface area (Å²) in [5.41, 5.74) is 1.52. The lowest BCUT2D eigenvalue weighted by Crippen LogP contribution is -2.45. The number of amides is 2. The van der Waals surface area contributed by atoms with Crippen molar-refractivity contribution < 1.29 is 9.59 Å². The number of carbonyl (C=O) groups is 2. The minimum Gasteiger partial charge on any atom is -0.324 e. The average molecular weight is 345 g/mol. The van der Waals surface area contributed by atoms with Crippen molar-refractivity contribution in [3.8, 4) is 0 Å². The van der Waals surface area contributed by atoms with Crippen LogP contribution >= 0.6 is 0 Å². The SMILES string of the molecule is CCCCN(CCCC)CC(=O)N1c2ccccc2NC(=O)C[C@@H]1C. The van der Waals surface area contributed by atoms with E-state index < -0.39 is 0 Å². The van der Waals surface area contributed by atoms with Crippen molar-refractivity contribution in [3.63, 3.8) is 0 Å². The number of nitrogens with one attached hydrogen (secondary N) is 1. The molecule has 0 bridgehead atoms. The first-order valence-corrected chi connectivity index (χ1v) is 9.50. The zero-order valence-electron chi connectivity index (χ0n) is 15.8. The zero-order chi connectivity index (χ0) is 18.2. The van der Waals surface area contributed by atoms with Gasteiger partial charge < -0.3 is 10.2 Å². The molecule has 1 atom stereocenters. The van der Waals surface area contributed by atoms with Crippen LogP contribution in [0.3, 0.4) is 0 Å². The number of fused-ring (bicyclic) bond motifs is 1. The van der Waals surface area contributed by atoms with Crippen LogP contribution in [0.5, 0.6) is 0 Å². The smallest absolute Gasteiger partial charge is 0.241 e. The van der Waals surface area contributed by atoms with E-state index >= 15 is 0 Å². The summed E-state index contributed by atoms with van der Waals surface area (Å²) in [5.74, 6) is 0.0349. The maximum absolute atomic E-state index is 13.1. The highest BCUT2D eigenvalue weighted by Crippen LogP contribution is 2.31. The number of nitrogens with zero attached hydrogens (tertiary/aromatic N) is 2. The van der Waals surface area contributed by atoms with E-state index in [0.717, 1.165) is 50.1 Å². The molecule has 0 unspecified atom stereocenters. The van der Waals surface area contributed by atoms with Crippen molar-refractivity contribution in [3.05, 3.63) is 24.3 Å². The van der Waals surface area contributed by atoms with E-state index in [1.165, 1.54) is 0 Å². The molecule has 0 aliphatic carbocycles. The Morgan fingerprint density at radius 3 is 2.48 bits per heavy atom. The van der Waals surface area contributed by atoms with Crippen LogP contribution in [0.4, 0.5) is 11.4 Å². The highest BCUT2D eigenvalue weighted by Gasteiger charge is 2.30. The van der Waals surface area contributed by atoms with Gasteiger partial charge in [-0.3, -0.25) is 14.5 Å². The molecule has 5 nitrogen and oxygen atoms in total. The van der Waals surface area contributed by atoms with E-state index in [4.69, 9.17) is 0 Å². The maximum Gasteiger partial charge on any atom is 0.241 e. The van der Waals surface area contributed by atoms with Gasteiger partial charge in [-0.2, -0.15) is 0 Å². The van der Waals surface area contributed by atoms with E-state index in [9.17, 15) is 9.59 Å². The summed E-state index contributed by atoms with van der Waals surface area (Å²) in [6.45, 7) is 8.59. The first-order valence-electron chi connectivity index (χ1n) is 9.50. The fourth-order valence-corrected chi connectivity index (χ4v) is 3.27. The first-order chi connectivity index (χ1) is 12.1. The minimum absolute atomic E-state index is 0.0379. The van der Waals surface area contributed by atoms with E-state index in [-0.39, 0.29) is 17.9 Å². The van der Waals surface area contributed by atoms with Gasteiger partial charge in [0.1, 0.15) is 0 Å². The number of anilines is 2. The Hall–Kier alpha value is -1.88. The second-order valence-electron chi connectivity index (χ2n) is 6.87. The third-order valence-electron chi connectivity index (χ3n) is 4.64. The summed E-state index contributed by atoms with van der Waals surface area (Å²) >= 11 is 0. The molecule has 1 heterocycles. The van der Waals surface area contributed by atoms with Gasteiger partial charge in [-0.15, -0.1) is 0 Å². The highest BCUT2D eigenvalue weighted by molar-refractivity contribution is 6.04. The number of hydrogen-bond donors (Lipinski definition) is 1. The fraction of sp³-hybridized carbons (Fsp3) is 0.600. The third-order valence-corrected chi connectivity index (χ3v) is 4.64. The van der Waals surface area contributed by atoms with Crippen LogP contribution in [0.2, 0.25) is 0 Å². The van der Waals surface area contributed by atoms with Gasteiger partial charge in [0.25, 0.3) is 0 Å². The monoisotopic (exact) mass is 345 g/mol. The highest BCUT2D eigenvalue weighted by atomic mass is 16.2. The van der Waals surface area contributed by atoms with Crippen LogP contribution in [-0.4, -0.2) is 42.4 Å². The molecular weight excluding hydrogens is 314 g/mol. The maximum atomic E-state index is 13.1. The molecule has 0 saturated carbocycles. The summed E-state index contributed by atoms with van der Waals surface area (Å²) in [4.78, 5) is 29.2. The molecule has 1 N–H and O–H groups in total. The number of carbonyl (C=O) groups excluding carboxylic acids is 2. The predicted octanol–water partition coefficient (Wildman–Crippen LogP) is 3.65. The molecule has 1 aromatic rings. The molecule has 2 rings (SSSR count). The lowest BCUT2D eigenvalue weighted by molar-refractivity contribution is -0.120. The molecule has 0 fully saturated rings. The third kappa shape index (κ3) is 5.30. The van der Waals surface area contributed by atoms with Gasteiger partial charge in [0.05, 0.1) is 17.9 Å². The van der Waals surface area contributed by atoms with Crippen molar-refractivity contribution in [2.45, 2.75) is 58.9 Å². The molecule has 0 saturated heterocycles. The Morgan fingerprint density at radius 2 is 1.84 bits per heavy atom. The summed E-state index contributed by atoms with van der Waals surface area (Å²) in [6.07, 6.45) is 4.77. The van der Waals surface area contributed by atoms with Crippen LogP contribution in [-0.2, 0) is 9.59 Å². The van der Waals surface area contributed by atoms with E-state index in [1.807, 2.05) is 31.2 Å². The van der Waals surface area contributed by atoms with Crippen LogP contribution in [0, 0.1) is 0 Å². The van der Waals surface area contributed by atoms with Gasteiger partial charge >= 0.3 is 0 Å². The first kappa shape index (κ1) is 19.4.